The van der Waals surface area contributed by atoms with Gasteiger partial charge in [-0.15, -0.1) is 6.58 Å². The lowest BCUT2D eigenvalue weighted by molar-refractivity contribution is -0.383. The number of nitro groups is 1. The first kappa shape index (κ1) is 15.9. The summed E-state index contributed by atoms with van der Waals surface area (Å²) in [5.41, 5.74) is 0.268. The predicted octanol–water partition coefficient (Wildman–Crippen LogP) is 2.42. The quantitative estimate of drug-likeness (QED) is 0.403. The third-order valence-corrected chi connectivity index (χ3v) is 2.81. The Kier molecular flexibility index (Phi) is 4.82. The largest absolute Gasteiger partial charge is 0.478 e. The summed E-state index contributed by atoms with van der Waals surface area (Å²) in [7, 11) is 0. The van der Waals surface area contributed by atoms with Gasteiger partial charge in [0.05, 0.1) is 10.5 Å². The van der Waals surface area contributed by atoms with Crippen LogP contribution in [-0.4, -0.2) is 32.5 Å². The maximum atomic E-state index is 11.3. The molecule has 0 aliphatic heterocycles. The molecular weight excluding hydrogens is 302 g/mol. The summed E-state index contributed by atoms with van der Waals surface area (Å²) in [4.78, 5) is 29.2. The van der Waals surface area contributed by atoms with Gasteiger partial charge in [-0.1, -0.05) is 6.08 Å². The van der Waals surface area contributed by atoms with Gasteiger partial charge in [0.2, 0.25) is 11.6 Å². The second kappa shape index (κ2) is 6.98. The van der Waals surface area contributed by atoms with E-state index in [4.69, 9.17) is 5.11 Å². The van der Waals surface area contributed by atoms with Crippen LogP contribution >= 0.6 is 0 Å². The van der Waals surface area contributed by atoms with Crippen LogP contribution < -0.4 is 10.6 Å². The Morgan fingerprint density at radius 1 is 1.30 bits per heavy atom. The fourth-order valence-corrected chi connectivity index (χ4v) is 1.77. The number of aromatic nitrogens is 2. The van der Waals surface area contributed by atoms with E-state index in [-0.39, 0.29) is 22.9 Å². The summed E-state index contributed by atoms with van der Waals surface area (Å²) >= 11 is 0. The van der Waals surface area contributed by atoms with E-state index in [1.54, 1.807) is 6.08 Å². The first-order chi connectivity index (χ1) is 11.0. The highest BCUT2D eigenvalue weighted by Crippen LogP contribution is 2.30. The monoisotopic (exact) mass is 315 g/mol. The van der Waals surface area contributed by atoms with E-state index >= 15 is 0 Å². The Hall–Kier alpha value is -3.49. The molecule has 9 nitrogen and oxygen atoms in total. The van der Waals surface area contributed by atoms with Gasteiger partial charge < -0.3 is 15.7 Å². The summed E-state index contributed by atoms with van der Waals surface area (Å²) in [6.45, 7) is 3.83. The van der Waals surface area contributed by atoms with E-state index in [0.29, 0.717) is 12.2 Å². The van der Waals surface area contributed by atoms with Crippen LogP contribution in [0.3, 0.4) is 0 Å². The zero-order valence-electron chi connectivity index (χ0n) is 11.9. The van der Waals surface area contributed by atoms with Crippen molar-refractivity contribution in [2.24, 2.45) is 0 Å². The summed E-state index contributed by atoms with van der Waals surface area (Å²) in [5, 5.41) is 25.7. The van der Waals surface area contributed by atoms with Gasteiger partial charge in [-0.2, -0.15) is 0 Å². The predicted molar refractivity (Wildman–Crippen MR) is 84.1 cm³/mol. The van der Waals surface area contributed by atoms with Gasteiger partial charge in [0.25, 0.3) is 0 Å². The molecule has 2 aromatic rings. The van der Waals surface area contributed by atoms with E-state index in [9.17, 15) is 14.9 Å². The minimum Gasteiger partial charge on any atom is -0.478 e. The lowest BCUT2D eigenvalue weighted by atomic mass is 10.2. The van der Waals surface area contributed by atoms with Gasteiger partial charge in [0.15, 0.2) is 0 Å². The highest BCUT2D eigenvalue weighted by molar-refractivity contribution is 5.88. The van der Waals surface area contributed by atoms with Crippen molar-refractivity contribution in [1.29, 1.82) is 0 Å². The second-order valence-corrected chi connectivity index (χ2v) is 4.35. The van der Waals surface area contributed by atoms with Crippen LogP contribution in [0.5, 0.6) is 0 Å². The molecule has 3 N–H and O–H groups in total. The maximum absolute atomic E-state index is 11.3. The third kappa shape index (κ3) is 3.79. The molecule has 0 saturated carbocycles. The van der Waals surface area contributed by atoms with Crippen molar-refractivity contribution >= 4 is 29.0 Å². The fraction of sp³-hybridized carbons (Fsp3) is 0.0714. The maximum Gasteiger partial charge on any atom is 0.353 e. The molecule has 0 radical (unpaired) electrons. The van der Waals surface area contributed by atoms with Crippen molar-refractivity contribution in [2.45, 2.75) is 0 Å². The van der Waals surface area contributed by atoms with Crippen molar-refractivity contribution in [3.8, 4) is 0 Å². The van der Waals surface area contributed by atoms with Crippen LogP contribution in [-0.2, 0) is 0 Å². The Balaban J connectivity index is 2.33. The SMILES string of the molecule is C=CCNc1ncnc(Nc2ccc(C(=O)O)cc2)c1[N+](=O)[O-]. The van der Waals surface area contributed by atoms with Crippen LogP contribution in [0.4, 0.5) is 23.0 Å². The van der Waals surface area contributed by atoms with E-state index in [1.807, 2.05) is 0 Å². The smallest absolute Gasteiger partial charge is 0.353 e. The van der Waals surface area contributed by atoms with Crippen LogP contribution in [0.2, 0.25) is 0 Å². The van der Waals surface area contributed by atoms with Gasteiger partial charge in [-0.3, -0.25) is 10.1 Å². The van der Waals surface area contributed by atoms with E-state index in [0.717, 1.165) is 0 Å². The van der Waals surface area contributed by atoms with Gasteiger partial charge in [0, 0.05) is 12.2 Å². The second-order valence-electron chi connectivity index (χ2n) is 4.35. The highest BCUT2D eigenvalue weighted by atomic mass is 16.6. The first-order valence-corrected chi connectivity index (χ1v) is 6.47. The first-order valence-electron chi connectivity index (χ1n) is 6.47. The number of benzene rings is 1. The molecule has 0 saturated heterocycles. The van der Waals surface area contributed by atoms with E-state index < -0.39 is 10.9 Å². The summed E-state index contributed by atoms with van der Waals surface area (Å²) < 4.78 is 0. The minimum atomic E-state index is -1.06. The molecule has 0 bridgehead atoms. The van der Waals surface area contributed by atoms with Crippen LogP contribution in [0, 0.1) is 10.1 Å². The molecule has 0 spiro atoms. The molecule has 23 heavy (non-hydrogen) atoms. The molecule has 0 aliphatic carbocycles. The van der Waals surface area contributed by atoms with Crippen molar-refractivity contribution < 1.29 is 14.8 Å². The molecule has 2 rings (SSSR count). The number of carboxylic acids is 1. The minimum absolute atomic E-state index is 0.000336. The molecule has 0 amide bonds. The van der Waals surface area contributed by atoms with Gasteiger partial charge in [0.1, 0.15) is 6.33 Å². The van der Waals surface area contributed by atoms with Crippen molar-refractivity contribution in [2.75, 3.05) is 17.2 Å². The number of carbonyl (C=O) groups is 1. The summed E-state index contributed by atoms with van der Waals surface area (Å²) in [6.07, 6.45) is 2.73. The molecule has 0 unspecified atom stereocenters. The number of nitrogens with one attached hydrogen (secondary N) is 2. The number of hydrogen-bond acceptors (Lipinski definition) is 7. The standard InChI is InChI=1S/C14H13N5O4/c1-2-7-15-12-11(19(22)23)13(17-8-16-12)18-10-5-3-9(4-6-10)14(20)21/h2-6,8H,1,7H2,(H,20,21)(H2,15,16,17,18). The summed E-state index contributed by atoms with van der Waals surface area (Å²) in [5.74, 6) is -0.991. The fourth-order valence-electron chi connectivity index (χ4n) is 1.77. The molecule has 1 aromatic carbocycles. The summed E-state index contributed by atoms with van der Waals surface area (Å²) in [6, 6.07) is 5.75. The molecule has 0 atom stereocenters. The molecule has 0 aliphatic rings. The number of carboxylic acid groups (broad SMARTS) is 1. The Morgan fingerprint density at radius 3 is 2.52 bits per heavy atom. The van der Waals surface area contributed by atoms with Crippen molar-refractivity contribution in [3.63, 3.8) is 0 Å². The molecular formula is C14H13N5O4. The Morgan fingerprint density at radius 2 is 1.96 bits per heavy atom. The van der Waals surface area contributed by atoms with Gasteiger partial charge in [-0.05, 0) is 24.3 Å². The van der Waals surface area contributed by atoms with Crippen LogP contribution in [0.25, 0.3) is 0 Å². The van der Waals surface area contributed by atoms with Gasteiger partial charge >= 0.3 is 11.7 Å². The normalized spacial score (nSPS) is 9.91. The number of nitrogens with zero attached hydrogens (tertiary/aromatic N) is 3. The zero-order chi connectivity index (χ0) is 16.8. The highest BCUT2D eigenvalue weighted by Gasteiger charge is 2.22. The molecule has 1 aromatic heterocycles. The number of hydrogen-bond donors (Lipinski definition) is 3. The number of anilines is 3. The Labute approximate surface area is 130 Å². The third-order valence-electron chi connectivity index (χ3n) is 2.81. The Bertz CT molecular complexity index is 745. The van der Waals surface area contributed by atoms with Crippen LogP contribution in [0.1, 0.15) is 10.4 Å². The van der Waals surface area contributed by atoms with Crippen molar-refractivity contribution in [3.05, 3.63) is 58.9 Å². The van der Waals surface area contributed by atoms with Crippen molar-refractivity contribution in [1.82, 2.24) is 9.97 Å². The van der Waals surface area contributed by atoms with Crippen LogP contribution in [0.15, 0.2) is 43.2 Å². The average molecular weight is 315 g/mol. The number of rotatable bonds is 7. The van der Waals surface area contributed by atoms with E-state index in [1.165, 1.54) is 30.6 Å². The topological polar surface area (TPSA) is 130 Å². The molecule has 1 heterocycles. The average Bonchev–Trinajstić information content (AvgIpc) is 2.53. The lowest BCUT2D eigenvalue weighted by Gasteiger charge is -2.09. The van der Waals surface area contributed by atoms with E-state index in [2.05, 4.69) is 27.2 Å². The molecule has 118 valence electrons. The number of aromatic carboxylic acids is 1. The lowest BCUT2D eigenvalue weighted by Crippen LogP contribution is -2.08. The van der Waals surface area contributed by atoms with Gasteiger partial charge in [-0.25, -0.2) is 14.8 Å². The zero-order valence-corrected chi connectivity index (χ0v) is 11.9. The molecule has 9 heteroatoms. The molecule has 0 fully saturated rings.